The summed E-state index contributed by atoms with van der Waals surface area (Å²) in [6.07, 6.45) is 1.73. The molecule has 0 unspecified atom stereocenters. The van der Waals surface area contributed by atoms with E-state index in [1.54, 1.807) is 44.3 Å². The van der Waals surface area contributed by atoms with Crippen LogP contribution in [0.1, 0.15) is 25.0 Å². The maximum Gasteiger partial charge on any atom is 0.336 e. The number of likely N-dealkylation sites (N-methyl/N-ethyl adjacent to an activating group) is 1. The molecule has 2 heterocycles. The van der Waals surface area contributed by atoms with Gasteiger partial charge < -0.3 is 23.8 Å². The van der Waals surface area contributed by atoms with Gasteiger partial charge in [-0.1, -0.05) is 12.1 Å². The summed E-state index contributed by atoms with van der Waals surface area (Å²) in [5, 5.41) is 2.23. The largest absolute Gasteiger partial charge is 0.492 e. The lowest BCUT2D eigenvalue weighted by atomic mass is 9.98. The molecule has 1 saturated heterocycles. The maximum atomic E-state index is 13.6. The molecule has 1 fully saturated rings. The first-order valence-electron chi connectivity index (χ1n) is 11.6. The van der Waals surface area contributed by atoms with Crippen molar-refractivity contribution in [1.29, 1.82) is 0 Å². The number of fused-ring (bicyclic) bond motifs is 1. The average Bonchev–Trinajstić information content (AvgIpc) is 3.33. The van der Waals surface area contributed by atoms with Crippen LogP contribution in [0.25, 0.3) is 6.08 Å². The Balaban J connectivity index is 1.82. The van der Waals surface area contributed by atoms with Crippen LogP contribution in [-0.2, 0) is 20.8 Å². The first kappa shape index (κ1) is 25.5. The summed E-state index contributed by atoms with van der Waals surface area (Å²) in [7, 11) is 3.10. The van der Waals surface area contributed by atoms with Crippen LogP contribution in [0.5, 0.6) is 23.0 Å². The summed E-state index contributed by atoms with van der Waals surface area (Å²) in [6, 6.07) is 7.39. The average molecular weight is 510 g/mol. The van der Waals surface area contributed by atoms with E-state index in [1.807, 2.05) is 0 Å². The normalized spacial score (nSPS) is 15.6. The van der Waals surface area contributed by atoms with Gasteiger partial charge in [-0.3, -0.25) is 19.7 Å². The molecule has 2 aliphatic heterocycles. The van der Waals surface area contributed by atoms with Gasteiger partial charge in [0.2, 0.25) is 18.4 Å². The fraction of sp³-hybridized carbons (Fsp3) is 0.308. The molecule has 2 aromatic carbocycles. The van der Waals surface area contributed by atoms with E-state index >= 15 is 0 Å². The van der Waals surface area contributed by atoms with Crippen molar-refractivity contribution in [1.82, 2.24) is 10.2 Å². The minimum Gasteiger partial charge on any atom is -0.492 e. The van der Waals surface area contributed by atoms with Gasteiger partial charge in [0.25, 0.3) is 11.8 Å². The third-order valence-electron chi connectivity index (χ3n) is 6.00. The Labute approximate surface area is 213 Å². The molecular formula is C26H27N3O8. The number of nitrogens with one attached hydrogen (secondary N) is 1. The Morgan fingerprint density at radius 2 is 1.97 bits per heavy atom. The quantitative estimate of drug-likeness (QED) is 0.425. The van der Waals surface area contributed by atoms with Crippen LogP contribution in [0.4, 0.5) is 10.5 Å². The Kier molecular flexibility index (Phi) is 7.32. The van der Waals surface area contributed by atoms with E-state index in [2.05, 4.69) is 5.32 Å². The van der Waals surface area contributed by atoms with Gasteiger partial charge in [0.05, 0.1) is 19.4 Å². The third-order valence-corrected chi connectivity index (χ3v) is 6.00. The summed E-state index contributed by atoms with van der Waals surface area (Å²) in [4.78, 5) is 53.3. The molecule has 0 radical (unpaired) electrons. The van der Waals surface area contributed by atoms with Crippen LogP contribution < -0.4 is 29.2 Å². The van der Waals surface area contributed by atoms with Crippen molar-refractivity contribution >= 4 is 35.5 Å². The van der Waals surface area contributed by atoms with Crippen LogP contribution in [0, 0.1) is 0 Å². The molecule has 0 aromatic heterocycles. The second-order valence-electron chi connectivity index (χ2n) is 8.27. The SMILES string of the molecule is CCOc1ccccc1N1C(=O)NC(=O)/C(=C/c2c(CCN(C)C(C)=O)cc3c(c2OC)OCO3)C1=O. The monoisotopic (exact) mass is 509 g/mol. The smallest absolute Gasteiger partial charge is 0.336 e. The molecule has 0 saturated carbocycles. The summed E-state index contributed by atoms with van der Waals surface area (Å²) in [5.41, 5.74) is 0.963. The Hall–Kier alpha value is -4.54. The number of ether oxygens (including phenoxy) is 4. The van der Waals surface area contributed by atoms with Crippen LogP contribution in [0.2, 0.25) is 0 Å². The van der Waals surface area contributed by atoms with E-state index in [1.165, 1.54) is 25.0 Å². The lowest BCUT2D eigenvalue weighted by molar-refractivity contribution is -0.127. The highest BCUT2D eigenvalue weighted by molar-refractivity contribution is 6.39. The number of carbonyl (C=O) groups is 4. The van der Waals surface area contributed by atoms with E-state index in [0.29, 0.717) is 47.9 Å². The molecule has 11 heteroatoms. The van der Waals surface area contributed by atoms with Crippen molar-refractivity contribution < 1.29 is 38.1 Å². The van der Waals surface area contributed by atoms with Crippen LogP contribution in [0.15, 0.2) is 35.9 Å². The lowest BCUT2D eigenvalue weighted by Crippen LogP contribution is -2.54. The number of hydrogen-bond acceptors (Lipinski definition) is 8. The Morgan fingerprint density at radius 3 is 2.68 bits per heavy atom. The van der Waals surface area contributed by atoms with Gasteiger partial charge in [0.1, 0.15) is 11.3 Å². The molecule has 0 atom stereocenters. The minimum absolute atomic E-state index is 0.0194. The van der Waals surface area contributed by atoms with Gasteiger partial charge in [-0.25, -0.2) is 9.69 Å². The number of hydrogen-bond donors (Lipinski definition) is 1. The highest BCUT2D eigenvalue weighted by Gasteiger charge is 2.39. The number of benzene rings is 2. The van der Waals surface area contributed by atoms with Crippen LogP contribution >= 0.6 is 0 Å². The van der Waals surface area contributed by atoms with Crippen molar-refractivity contribution in [3.05, 3.63) is 47.0 Å². The van der Waals surface area contributed by atoms with Gasteiger partial charge in [-0.15, -0.1) is 0 Å². The summed E-state index contributed by atoms with van der Waals surface area (Å²) in [5.74, 6) is -0.439. The molecule has 4 rings (SSSR count). The molecule has 0 bridgehead atoms. The van der Waals surface area contributed by atoms with E-state index in [4.69, 9.17) is 18.9 Å². The van der Waals surface area contributed by atoms with Crippen LogP contribution in [-0.4, -0.2) is 62.8 Å². The highest BCUT2D eigenvalue weighted by Crippen LogP contribution is 2.46. The summed E-state index contributed by atoms with van der Waals surface area (Å²) in [6.45, 7) is 3.89. The number of barbiturate groups is 1. The molecule has 37 heavy (non-hydrogen) atoms. The summed E-state index contributed by atoms with van der Waals surface area (Å²) >= 11 is 0. The first-order chi connectivity index (χ1) is 17.8. The van der Waals surface area contributed by atoms with Gasteiger partial charge in [-0.05, 0) is 43.2 Å². The number of nitrogens with zero attached hydrogens (tertiary/aromatic N) is 2. The molecule has 194 valence electrons. The predicted molar refractivity (Wildman–Crippen MR) is 133 cm³/mol. The van der Waals surface area contributed by atoms with Gasteiger partial charge >= 0.3 is 6.03 Å². The molecule has 11 nitrogen and oxygen atoms in total. The third kappa shape index (κ3) is 4.92. The standard InChI is InChI=1S/C26H27N3O8/c1-5-35-20-9-7-6-8-19(20)29-25(32)18(24(31)27-26(29)33)13-17-16(10-11-28(3)15(2)30)12-21-23(22(17)34-4)37-14-36-21/h6-9,12-13H,5,10-11,14H2,1-4H3,(H,27,31,33)/b18-13-. The molecular weight excluding hydrogens is 482 g/mol. The van der Waals surface area contributed by atoms with E-state index in [-0.39, 0.29) is 29.7 Å². The molecule has 0 aliphatic carbocycles. The zero-order valence-corrected chi connectivity index (χ0v) is 21.0. The van der Waals surface area contributed by atoms with E-state index in [9.17, 15) is 19.2 Å². The van der Waals surface area contributed by atoms with E-state index < -0.39 is 17.8 Å². The lowest BCUT2D eigenvalue weighted by Gasteiger charge is -2.28. The first-order valence-corrected chi connectivity index (χ1v) is 11.6. The molecule has 1 N–H and O–H groups in total. The fourth-order valence-electron chi connectivity index (χ4n) is 4.03. The summed E-state index contributed by atoms with van der Waals surface area (Å²) < 4.78 is 22.3. The number of carbonyl (C=O) groups excluding carboxylic acids is 4. The minimum atomic E-state index is -0.889. The molecule has 2 aromatic rings. The number of rotatable bonds is 8. The predicted octanol–water partition coefficient (Wildman–Crippen LogP) is 2.51. The van der Waals surface area contributed by atoms with Crippen molar-refractivity contribution in [3.8, 4) is 23.0 Å². The van der Waals surface area contributed by atoms with Crippen molar-refractivity contribution in [2.45, 2.75) is 20.3 Å². The Morgan fingerprint density at radius 1 is 1.22 bits per heavy atom. The second-order valence-corrected chi connectivity index (χ2v) is 8.27. The number of urea groups is 1. The number of imide groups is 2. The number of anilines is 1. The topological polar surface area (TPSA) is 124 Å². The van der Waals surface area contributed by atoms with Gasteiger partial charge in [0.15, 0.2) is 11.5 Å². The Bertz CT molecular complexity index is 1300. The highest BCUT2D eigenvalue weighted by atomic mass is 16.7. The zero-order valence-electron chi connectivity index (χ0n) is 21.0. The van der Waals surface area contributed by atoms with Crippen molar-refractivity contribution in [2.75, 3.05) is 39.0 Å². The second kappa shape index (κ2) is 10.6. The fourth-order valence-corrected chi connectivity index (χ4v) is 4.03. The van der Waals surface area contributed by atoms with Crippen molar-refractivity contribution in [3.63, 3.8) is 0 Å². The molecule has 2 aliphatic rings. The molecule has 0 spiro atoms. The number of para-hydroxylation sites is 2. The van der Waals surface area contributed by atoms with E-state index in [0.717, 1.165) is 4.90 Å². The zero-order chi connectivity index (χ0) is 26.7. The van der Waals surface area contributed by atoms with Gasteiger partial charge in [0, 0.05) is 26.1 Å². The maximum absolute atomic E-state index is 13.6. The number of amides is 5. The molecule has 5 amide bonds. The number of methoxy groups -OCH3 is 1. The van der Waals surface area contributed by atoms with Crippen LogP contribution in [0.3, 0.4) is 0 Å². The van der Waals surface area contributed by atoms with Crippen molar-refractivity contribution in [2.24, 2.45) is 0 Å². The van der Waals surface area contributed by atoms with Gasteiger partial charge in [-0.2, -0.15) is 0 Å².